The van der Waals surface area contributed by atoms with E-state index in [1.807, 2.05) is 7.05 Å². The van der Waals surface area contributed by atoms with Crippen LogP contribution in [0.5, 0.6) is 0 Å². The number of hydrogen-bond donors (Lipinski definition) is 1. The van der Waals surface area contributed by atoms with E-state index in [-0.39, 0.29) is 12.1 Å². The van der Waals surface area contributed by atoms with Gasteiger partial charge in [-0.05, 0) is 45.4 Å². The van der Waals surface area contributed by atoms with Crippen molar-refractivity contribution in [3.05, 3.63) is 35.6 Å². The Bertz CT molecular complexity index is 575. The van der Waals surface area contributed by atoms with Crippen LogP contribution in [0.3, 0.4) is 0 Å². The van der Waals surface area contributed by atoms with Gasteiger partial charge in [0.1, 0.15) is 11.3 Å². The van der Waals surface area contributed by atoms with Crippen LogP contribution in [0.15, 0.2) is 28.7 Å². The first-order chi connectivity index (χ1) is 9.19. The second-order valence-electron chi connectivity index (χ2n) is 5.47. The molecule has 3 rings (SSSR count). The zero-order valence-corrected chi connectivity index (χ0v) is 11.8. The predicted molar refractivity (Wildman–Crippen MR) is 76.3 cm³/mol. The summed E-state index contributed by atoms with van der Waals surface area (Å²) < 4.78 is 12.0. The summed E-state index contributed by atoms with van der Waals surface area (Å²) in [7, 11) is 1.97. The molecule has 2 aromatic rings. The van der Waals surface area contributed by atoms with Crippen LogP contribution >= 0.6 is 0 Å². The average Bonchev–Trinajstić information content (AvgIpc) is 2.98. The zero-order valence-electron chi connectivity index (χ0n) is 11.8. The zero-order chi connectivity index (χ0) is 13.4. The van der Waals surface area contributed by atoms with Gasteiger partial charge in [-0.1, -0.05) is 18.2 Å². The van der Waals surface area contributed by atoms with Gasteiger partial charge in [0.25, 0.3) is 0 Å². The molecule has 3 heteroatoms. The molecule has 0 aliphatic carbocycles. The van der Waals surface area contributed by atoms with Crippen molar-refractivity contribution in [1.29, 1.82) is 0 Å². The second-order valence-corrected chi connectivity index (χ2v) is 5.47. The lowest BCUT2D eigenvalue weighted by Gasteiger charge is -2.21. The van der Waals surface area contributed by atoms with Gasteiger partial charge in [0, 0.05) is 5.39 Å². The quantitative estimate of drug-likeness (QED) is 0.915. The molecule has 0 radical (unpaired) electrons. The highest BCUT2D eigenvalue weighted by molar-refractivity contribution is 5.81. The van der Waals surface area contributed by atoms with Crippen molar-refractivity contribution in [2.24, 2.45) is 0 Å². The number of para-hydroxylation sites is 1. The SMILES string of the molecule is CNC(c1cc2cccc(C)c2o1)C1CCC(C)O1. The van der Waals surface area contributed by atoms with Crippen LogP contribution in [-0.4, -0.2) is 19.3 Å². The molecule has 1 aliphatic rings. The van der Waals surface area contributed by atoms with Crippen LogP contribution in [0.2, 0.25) is 0 Å². The molecule has 102 valence electrons. The number of fused-ring (bicyclic) bond motifs is 1. The predicted octanol–water partition coefficient (Wildman–Crippen LogP) is 3.57. The lowest BCUT2D eigenvalue weighted by atomic mass is 10.0. The lowest BCUT2D eigenvalue weighted by molar-refractivity contribution is 0.0289. The van der Waals surface area contributed by atoms with Crippen molar-refractivity contribution < 1.29 is 9.15 Å². The van der Waals surface area contributed by atoms with E-state index in [4.69, 9.17) is 9.15 Å². The van der Waals surface area contributed by atoms with Gasteiger partial charge in [-0.2, -0.15) is 0 Å². The molecule has 0 bridgehead atoms. The van der Waals surface area contributed by atoms with E-state index in [0.717, 1.165) is 24.2 Å². The highest BCUT2D eigenvalue weighted by atomic mass is 16.5. The number of rotatable bonds is 3. The van der Waals surface area contributed by atoms with Gasteiger partial charge in [0.15, 0.2) is 0 Å². The number of benzene rings is 1. The van der Waals surface area contributed by atoms with E-state index in [1.54, 1.807) is 0 Å². The molecule has 19 heavy (non-hydrogen) atoms. The fourth-order valence-corrected chi connectivity index (χ4v) is 2.97. The highest BCUT2D eigenvalue weighted by Crippen LogP contribution is 2.33. The summed E-state index contributed by atoms with van der Waals surface area (Å²) in [6, 6.07) is 8.52. The topological polar surface area (TPSA) is 34.4 Å². The molecular weight excluding hydrogens is 238 g/mol. The van der Waals surface area contributed by atoms with Crippen LogP contribution in [0.25, 0.3) is 11.0 Å². The Morgan fingerprint density at radius 2 is 2.16 bits per heavy atom. The van der Waals surface area contributed by atoms with Crippen molar-refractivity contribution in [2.45, 2.75) is 44.9 Å². The van der Waals surface area contributed by atoms with E-state index in [1.165, 1.54) is 10.9 Å². The third kappa shape index (κ3) is 2.28. The Morgan fingerprint density at radius 1 is 1.32 bits per heavy atom. The smallest absolute Gasteiger partial charge is 0.137 e. The summed E-state index contributed by atoms with van der Waals surface area (Å²) in [4.78, 5) is 0. The summed E-state index contributed by atoms with van der Waals surface area (Å²) in [6.07, 6.45) is 2.78. The van der Waals surface area contributed by atoms with E-state index < -0.39 is 0 Å². The van der Waals surface area contributed by atoms with Gasteiger partial charge in [0.2, 0.25) is 0 Å². The van der Waals surface area contributed by atoms with Gasteiger partial charge >= 0.3 is 0 Å². The lowest BCUT2D eigenvalue weighted by Crippen LogP contribution is -2.29. The summed E-state index contributed by atoms with van der Waals surface area (Å²) in [5.41, 5.74) is 2.17. The Hall–Kier alpha value is -1.32. The third-order valence-electron chi connectivity index (χ3n) is 4.01. The van der Waals surface area contributed by atoms with E-state index >= 15 is 0 Å². The maximum absolute atomic E-state index is 6.06. The Balaban J connectivity index is 1.95. The van der Waals surface area contributed by atoms with E-state index in [0.29, 0.717) is 6.10 Å². The number of nitrogens with one attached hydrogen (secondary N) is 1. The van der Waals surface area contributed by atoms with Crippen LogP contribution in [0, 0.1) is 6.92 Å². The highest BCUT2D eigenvalue weighted by Gasteiger charge is 2.31. The standard InChI is InChI=1S/C16H21NO2/c1-10-5-4-6-12-9-14(19-16(10)12)15(17-3)13-8-7-11(2)18-13/h4-6,9,11,13,15,17H,7-8H2,1-3H3. The van der Waals surface area contributed by atoms with Crippen molar-refractivity contribution >= 4 is 11.0 Å². The minimum atomic E-state index is 0.136. The van der Waals surface area contributed by atoms with E-state index in [2.05, 4.69) is 43.4 Å². The molecule has 1 saturated heterocycles. The van der Waals surface area contributed by atoms with Crippen LogP contribution in [0.4, 0.5) is 0 Å². The Morgan fingerprint density at radius 3 is 2.79 bits per heavy atom. The first-order valence-electron chi connectivity index (χ1n) is 7.01. The summed E-state index contributed by atoms with van der Waals surface area (Å²) in [6.45, 7) is 4.22. The van der Waals surface area contributed by atoms with Crippen LogP contribution in [0.1, 0.15) is 37.1 Å². The Labute approximate surface area is 113 Å². The van der Waals surface area contributed by atoms with Crippen molar-refractivity contribution in [3.8, 4) is 0 Å². The van der Waals surface area contributed by atoms with Crippen molar-refractivity contribution in [2.75, 3.05) is 7.05 Å². The number of likely N-dealkylation sites (N-methyl/N-ethyl adjacent to an activating group) is 1. The molecule has 0 amide bonds. The Kier molecular flexibility index (Phi) is 3.33. The molecule has 1 aromatic carbocycles. The molecule has 0 saturated carbocycles. The fraction of sp³-hybridized carbons (Fsp3) is 0.500. The maximum atomic E-state index is 6.06. The molecule has 1 N–H and O–H groups in total. The molecule has 2 heterocycles. The minimum Gasteiger partial charge on any atom is -0.459 e. The fourth-order valence-electron chi connectivity index (χ4n) is 2.97. The summed E-state index contributed by atoms with van der Waals surface area (Å²) >= 11 is 0. The molecule has 3 nitrogen and oxygen atoms in total. The normalized spacial score (nSPS) is 25.0. The molecule has 1 aliphatic heterocycles. The molecule has 1 aromatic heterocycles. The number of aryl methyl sites for hydroxylation is 1. The first kappa shape index (κ1) is 12.7. The minimum absolute atomic E-state index is 0.136. The van der Waals surface area contributed by atoms with Crippen LogP contribution in [-0.2, 0) is 4.74 Å². The van der Waals surface area contributed by atoms with Gasteiger partial charge in [0.05, 0.1) is 18.2 Å². The summed E-state index contributed by atoms with van der Waals surface area (Å²) in [5.74, 6) is 0.978. The van der Waals surface area contributed by atoms with Crippen molar-refractivity contribution in [3.63, 3.8) is 0 Å². The van der Waals surface area contributed by atoms with Gasteiger partial charge in [-0.25, -0.2) is 0 Å². The van der Waals surface area contributed by atoms with Gasteiger partial charge in [-0.15, -0.1) is 0 Å². The number of hydrogen-bond acceptors (Lipinski definition) is 3. The first-order valence-corrected chi connectivity index (χ1v) is 7.01. The largest absolute Gasteiger partial charge is 0.459 e. The monoisotopic (exact) mass is 259 g/mol. The molecular formula is C16H21NO2. The molecule has 3 atom stereocenters. The molecule has 1 fully saturated rings. The van der Waals surface area contributed by atoms with Crippen molar-refractivity contribution in [1.82, 2.24) is 5.32 Å². The third-order valence-corrected chi connectivity index (χ3v) is 4.01. The number of ether oxygens (including phenoxy) is 1. The summed E-state index contributed by atoms with van der Waals surface area (Å²) in [5, 5.41) is 4.51. The average molecular weight is 259 g/mol. The van der Waals surface area contributed by atoms with Crippen LogP contribution < -0.4 is 5.32 Å². The second kappa shape index (κ2) is 4.99. The molecule has 3 unspecified atom stereocenters. The number of furan rings is 1. The molecule has 0 spiro atoms. The van der Waals surface area contributed by atoms with E-state index in [9.17, 15) is 0 Å². The van der Waals surface area contributed by atoms with Gasteiger partial charge in [-0.3, -0.25) is 0 Å². The van der Waals surface area contributed by atoms with Gasteiger partial charge < -0.3 is 14.5 Å². The maximum Gasteiger partial charge on any atom is 0.137 e.